The average Bonchev–Trinajstić information content (AvgIpc) is 3.31. The van der Waals surface area contributed by atoms with Crippen LogP contribution >= 0.6 is 23.1 Å². The molecule has 0 radical (unpaired) electrons. The number of nitriles is 1. The van der Waals surface area contributed by atoms with Crippen molar-refractivity contribution in [2.24, 2.45) is 7.05 Å². The van der Waals surface area contributed by atoms with Crippen molar-refractivity contribution >= 4 is 28.6 Å². The van der Waals surface area contributed by atoms with E-state index < -0.39 is 0 Å². The fraction of sp³-hybridized carbons (Fsp3) is 0.118. The highest BCUT2D eigenvalue weighted by molar-refractivity contribution is 7.98. The van der Waals surface area contributed by atoms with Crippen LogP contribution in [0.2, 0.25) is 0 Å². The molecule has 4 aromatic heterocycles. The van der Waals surface area contributed by atoms with Gasteiger partial charge < -0.3 is 8.97 Å². The molecule has 0 unspecified atom stereocenters. The van der Waals surface area contributed by atoms with Gasteiger partial charge in [0.15, 0.2) is 11.0 Å². The highest BCUT2D eigenvalue weighted by atomic mass is 32.2. The molecular weight excluding hydrogens is 338 g/mol. The minimum absolute atomic E-state index is 0.682. The van der Waals surface area contributed by atoms with Crippen LogP contribution in [0.4, 0.5) is 0 Å². The molecule has 0 aliphatic rings. The molecule has 0 aliphatic carbocycles. The number of nitrogens with zero attached hydrogens (tertiary/aromatic N) is 5. The van der Waals surface area contributed by atoms with Crippen LogP contribution < -0.4 is 0 Å². The summed E-state index contributed by atoms with van der Waals surface area (Å²) in [6.07, 6.45) is 3.97. The van der Waals surface area contributed by atoms with E-state index in [-0.39, 0.29) is 0 Å². The van der Waals surface area contributed by atoms with E-state index >= 15 is 0 Å². The quantitative estimate of drug-likeness (QED) is 0.522. The zero-order chi connectivity index (χ0) is 16.5. The number of fused-ring (bicyclic) bond motifs is 1. The molecule has 0 saturated heterocycles. The van der Waals surface area contributed by atoms with Gasteiger partial charge in [-0.15, -0.1) is 21.5 Å². The first-order valence-corrected chi connectivity index (χ1v) is 9.19. The molecular formula is C17H13N5S2. The van der Waals surface area contributed by atoms with E-state index in [4.69, 9.17) is 0 Å². The van der Waals surface area contributed by atoms with Crippen LogP contribution in [0.15, 0.2) is 53.3 Å². The number of pyridine rings is 1. The van der Waals surface area contributed by atoms with E-state index in [9.17, 15) is 5.26 Å². The molecule has 0 N–H and O–H groups in total. The smallest absolute Gasteiger partial charge is 0.191 e. The van der Waals surface area contributed by atoms with Crippen LogP contribution in [-0.4, -0.2) is 19.2 Å². The van der Waals surface area contributed by atoms with Crippen molar-refractivity contribution in [3.8, 4) is 16.8 Å². The first-order valence-electron chi connectivity index (χ1n) is 7.32. The van der Waals surface area contributed by atoms with Crippen molar-refractivity contribution in [3.05, 3.63) is 59.2 Å². The third kappa shape index (κ3) is 2.50. The number of thioether (sulfide) groups is 1. The maximum Gasteiger partial charge on any atom is 0.191 e. The van der Waals surface area contributed by atoms with Gasteiger partial charge in [0.1, 0.15) is 6.07 Å². The molecule has 0 saturated carbocycles. The molecule has 5 nitrogen and oxygen atoms in total. The van der Waals surface area contributed by atoms with E-state index in [0.717, 1.165) is 32.5 Å². The number of hydrogen-bond acceptors (Lipinski definition) is 5. The standard InChI is InChI=1S/C17H13N5S2/c1-21-16(15-6-4-8-23-15)19-20-17(21)24-11-12-10-22-7-3-2-5-14(22)13(12)9-18/h2-8,10H,11H2,1H3. The summed E-state index contributed by atoms with van der Waals surface area (Å²) >= 11 is 3.24. The lowest BCUT2D eigenvalue weighted by atomic mass is 10.2. The third-order valence-electron chi connectivity index (χ3n) is 3.81. The Hall–Kier alpha value is -2.56. The van der Waals surface area contributed by atoms with Crippen molar-refractivity contribution < 1.29 is 0 Å². The largest absolute Gasteiger partial charge is 0.322 e. The third-order valence-corrected chi connectivity index (χ3v) is 5.74. The fourth-order valence-corrected chi connectivity index (χ4v) is 4.25. The van der Waals surface area contributed by atoms with Gasteiger partial charge in [-0.05, 0) is 29.1 Å². The van der Waals surface area contributed by atoms with E-state index in [2.05, 4.69) is 16.3 Å². The molecule has 0 fully saturated rings. The molecule has 24 heavy (non-hydrogen) atoms. The van der Waals surface area contributed by atoms with Crippen molar-refractivity contribution in [1.82, 2.24) is 19.2 Å². The number of rotatable bonds is 4. The van der Waals surface area contributed by atoms with E-state index in [0.29, 0.717) is 5.75 Å². The summed E-state index contributed by atoms with van der Waals surface area (Å²) in [5, 5.41) is 20.9. The monoisotopic (exact) mass is 351 g/mol. The Kier molecular flexibility index (Phi) is 3.84. The lowest BCUT2D eigenvalue weighted by molar-refractivity contribution is 0.794. The highest BCUT2D eigenvalue weighted by Gasteiger charge is 2.14. The van der Waals surface area contributed by atoms with Gasteiger partial charge in [-0.25, -0.2) is 0 Å². The highest BCUT2D eigenvalue weighted by Crippen LogP contribution is 2.29. The van der Waals surface area contributed by atoms with Gasteiger partial charge in [0, 0.05) is 25.2 Å². The summed E-state index contributed by atoms with van der Waals surface area (Å²) in [7, 11) is 1.97. The predicted octanol–water partition coefficient (Wildman–Crippen LogP) is 3.96. The second kappa shape index (κ2) is 6.15. The Bertz CT molecular complexity index is 1040. The van der Waals surface area contributed by atoms with Gasteiger partial charge in [-0.3, -0.25) is 0 Å². The molecule has 4 rings (SSSR count). The Labute approximate surface area is 147 Å². The van der Waals surface area contributed by atoms with E-state index in [1.165, 1.54) is 0 Å². The molecule has 4 aromatic rings. The van der Waals surface area contributed by atoms with Gasteiger partial charge >= 0.3 is 0 Å². The molecule has 4 heterocycles. The summed E-state index contributed by atoms with van der Waals surface area (Å²) in [5.74, 6) is 1.55. The normalized spacial score (nSPS) is 11.0. The first kappa shape index (κ1) is 15.0. The van der Waals surface area contributed by atoms with E-state index in [1.807, 2.05) is 64.1 Å². The Morgan fingerprint density at radius 2 is 2.17 bits per heavy atom. The molecule has 0 bridgehead atoms. The molecule has 0 amide bonds. The predicted molar refractivity (Wildman–Crippen MR) is 96.0 cm³/mol. The number of hydrogen-bond donors (Lipinski definition) is 0. The topological polar surface area (TPSA) is 58.9 Å². The fourth-order valence-electron chi connectivity index (χ4n) is 2.62. The molecule has 0 atom stereocenters. The second-order valence-electron chi connectivity index (χ2n) is 5.27. The lowest BCUT2D eigenvalue weighted by Crippen LogP contribution is -1.94. The molecule has 7 heteroatoms. The van der Waals surface area contributed by atoms with Gasteiger partial charge in [0.2, 0.25) is 0 Å². The van der Waals surface area contributed by atoms with Crippen LogP contribution in [0.1, 0.15) is 11.1 Å². The SMILES string of the molecule is Cn1c(SCc2cn3ccccc3c2C#N)nnc1-c1cccs1. The summed E-state index contributed by atoms with van der Waals surface area (Å²) in [4.78, 5) is 1.10. The maximum absolute atomic E-state index is 9.48. The lowest BCUT2D eigenvalue weighted by Gasteiger charge is -2.02. The van der Waals surface area contributed by atoms with Gasteiger partial charge in [0.25, 0.3) is 0 Å². The summed E-state index contributed by atoms with van der Waals surface area (Å²) in [6.45, 7) is 0. The zero-order valence-electron chi connectivity index (χ0n) is 12.9. The Balaban J connectivity index is 1.61. The first-order chi connectivity index (χ1) is 11.8. The minimum atomic E-state index is 0.682. The number of thiophene rings is 1. The molecule has 0 aromatic carbocycles. The van der Waals surface area contributed by atoms with Crippen LogP contribution in [0.25, 0.3) is 16.2 Å². The number of aromatic nitrogens is 4. The van der Waals surface area contributed by atoms with Gasteiger partial charge in [0.05, 0.1) is 16.0 Å². The molecule has 0 spiro atoms. The maximum atomic E-state index is 9.48. The van der Waals surface area contributed by atoms with Crippen LogP contribution in [0, 0.1) is 11.3 Å². The molecule has 0 aliphatic heterocycles. The summed E-state index contributed by atoms with van der Waals surface area (Å²) in [5.41, 5.74) is 2.67. The van der Waals surface area contributed by atoms with Crippen LogP contribution in [0.3, 0.4) is 0 Å². The van der Waals surface area contributed by atoms with Gasteiger partial charge in [-0.1, -0.05) is 23.9 Å². The van der Waals surface area contributed by atoms with Crippen LogP contribution in [0.5, 0.6) is 0 Å². The average molecular weight is 351 g/mol. The summed E-state index contributed by atoms with van der Waals surface area (Å²) in [6, 6.07) is 12.2. The summed E-state index contributed by atoms with van der Waals surface area (Å²) < 4.78 is 3.99. The van der Waals surface area contributed by atoms with Crippen molar-refractivity contribution in [2.75, 3.05) is 0 Å². The van der Waals surface area contributed by atoms with Crippen molar-refractivity contribution in [1.29, 1.82) is 5.26 Å². The Morgan fingerprint density at radius 3 is 2.96 bits per heavy atom. The van der Waals surface area contributed by atoms with Crippen molar-refractivity contribution in [3.63, 3.8) is 0 Å². The zero-order valence-corrected chi connectivity index (χ0v) is 14.5. The van der Waals surface area contributed by atoms with Gasteiger partial charge in [-0.2, -0.15) is 5.26 Å². The Morgan fingerprint density at radius 1 is 1.25 bits per heavy atom. The molecule has 118 valence electrons. The van der Waals surface area contributed by atoms with Crippen LogP contribution in [-0.2, 0) is 12.8 Å². The second-order valence-corrected chi connectivity index (χ2v) is 7.16. The van der Waals surface area contributed by atoms with Crippen molar-refractivity contribution in [2.45, 2.75) is 10.9 Å². The minimum Gasteiger partial charge on any atom is -0.322 e. The van der Waals surface area contributed by atoms with E-state index in [1.54, 1.807) is 23.1 Å².